The molecular formula is C14H18N4. The quantitative estimate of drug-likeness (QED) is 0.891. The second kappa shape index (κ2) is 4.90. The summed E-state index contributed by atoms with van der Waals surface area (Å²) < 4.78 is 2.26. The van der Waals surface area contributed by atoms with Crippen molar-refractivity contribution in [2.24, 2.45) is 5.73 Å². The Morgan fingerprint density at radius 1 is 1.17 bits per heavy atom. The van der Waals surface area contributed by atoms with Crippen molar-refractivity contribution in [2.75, 3.05) is 6.54 Å². The van der Waals surface area contributed by atoms with Crippen LogP contribution in [0.1, 0.15) is 36.0 Å². The molecule has 0 saturated heterocycles. The predicted octanol–water partition coefficient (Wildman–Crippen LogP) is 1.71. The topological polar surface area (TPSA) is 56.7 Å². The molecule has 0 amide bonds. The summed E-state index contributed by atoms with van der Waals surface area (Å²) in [5.41, 5.74) is 7.17. The Balaban J connectivity index is 2.00. The summed E-state index contributed by atoms with van der Waals surface area (Å²) in [7, 11) is 0. The number of rotatable bonds is 3. The van der Waals surface area contributed by atoms with Crippen molar-refractivity contribution in [1.82, 2.24) is 14.8 Å². The Morgan fingerprint density at radius 3 is 2.78 bits per heavy atom. The van der Waals surface area contributed by atoms with Crippen LogP contribution in [0.15, 0.2) is 30.3 Å². The normalized spacial score (nSPS) is 16.3. The fourth-order valence-electron chi connectivity index (χ4n) is 2.66. The highest BCUT2D eigenvalue weighted by molar-refractivity contribution is 5.26. The number of fused-ring (bicyclic) bond motifs is 1. The third-order valence-electron chi connectivity index (χ3n) is 3.64. The molecule has 1 aliphatic rings. The van der Waals surface area contributed by atoms with Gasteiger partial charge in [0.25, 0.3) is 0 Å². The SMILES string of the molecule is NCC(c1ccccc1)c1nnc2n1CCCC2. The fraction of sp³-hybridized carbons (Fsp3) is 0.429. The Bertz CT molecular complexity index is 518. The van der Waals surface area contributed by atoms with E-state index in [-0.39, 0.29) is 5.92 Å². The minimum Gasteiger partial charge on any atom is -0.329 e. The van der Waals surface area contributed by atoms with E-state index in [1.807, 2.05) is 18.2 Å². The van der Waals surface area contributed by atoms with Crippen LogP contribution in [0.5, 0.6) is 0 Å². The zero-order chi connectivity index (χ0) is 12.4. The average Bonchev–Trinajstić information content (AvgIpc) is 2.85. The minimum atomic E-state index is 0.158. The Labute approximate surface area is 107 Å². The first-order valence-electron chi connectivity index (χ1n) is 6.57. The summed E-state index contributed by atoms with van der Waals surface area (Å²) in [5.74, 6) is 2.30. The van der Waals surface area contributed by atoms with Gasteiger partial charge in [0.15, 0.2) is 0 Å². The van der Waals surface area contributed by atoms with Gasteiger partial charge in [0.2, 0.25) is 0 Å². The lowest BCUT2D eigenvalue weighted by Crippen LogP contribution is -2.21. The van der Waals surface area contributed by atoms with Gasteiger partial charge in [0.1, 0.15) is 11.6 Å². The molecule has 94 valence electrons. The molecule has 1 aliphatic heterocycles. The summed E-state index contributed by atoms with van der Waals surface area (Å²) in [4.78, 5) is 0. The zero-order valence-corrected chi connectivity index (χ0v) is 10.4. The number of hydrogen-bond donors (Lipinski definition) is 1. The van der Waals surface area contributed by atoms with Crippen molar-refractivity contribution in [1.29, 1.82) is 0 Å². The summed E-state index contributed by atoms with van der Waals surface area (Å²) in [6.07, 6.45) is 3.47. The molecule has 2 N–H and O–H groups in total. The van der Waals surface area contributed by atoms with Gasteiger partial charge in [-0.05, 0) is 18.4 Å². The molecule has 1 atom stereocenters. The minimum absolute atomic E-state index is 0.158. The summed E-state index contributed by atoms with van der Waals surface area (Å²) >= 11 is 0. The van der Waals surface area contributed by atoms with E-state index >= 15 is 0 Å². The average molecular weight is 242 g/mol. The Hall–Kier alpha value is -1.68. The first-order chi connectivity index (χ1) is 8.90. The number of nitrogens with zero attached hydrogens (tertiary/aromatic N) is 3. The van der Waals surface area contributed by atoms with Crippen LogP contribution in [-0.4, -0.2) is 21.3 Å². The molecule has 18 heavy (non-hydrogen) atoms. The second-order valence-corrected chi connectivity index (χ2v) is 4.78. The van der Waals surface area contributed by atoms with Gasteiger partial charge in [0.05, 0.1) is 5.92 Å². The van der Waals surface area contributed by atoms with Crippen LogP contribution >= 0.6 is 0 Å². The van der Waals surface area contributed by atoms with Crippen molar-refractivity contribution in [3.05, 3.63) is 47.5 Å². The standard InChI is InChI=1S/C14H18N4/c15-10-12(11-6-2-1-3-7-11)14-17-16-13-8-4-5-9-18(13)14/h1-3,6-7,12H,4-5,8-10,15H2. The number of aromatic nitrogens is 3. The van der Waals surface area contributed by atoms with Crippen LogP contribution in [0.4, 0.5) is 0 Å². The van der Waals surface area contributed by atoms with Crippen LogP contribution in [-0.2, 0) is 13.0 Å². The number of hydrogen-bond acceptors (Lipinski definition) is 3. The lowest BCUT2D eigenvalue weighted by atomic mass is 9.98. The Kier molecular flexibility index (Phi) is 3.11. The molecule has 4 heteroatoms. The summed E-state index contributed by atoms with van der Waals surface area (Å²) in [6, 6.07) is 10.3. The van der Waals surface area contributed by atoms with E-state index in [0.29, 0.717) is 6.54 Å². The molecule has 1 unspecified atom stereocenters. The van der Waals surface area contributed by atoms with E-state index in [4.69, 9.17) is 5.73 Å². The molecule has 3 rings (SSSR count). The van der Waals surface area contributed by atoms with Crippen molar-refractivity contribution >= 4 is 0 Å². The lowest BCUT2D eigenvalue weighted by molar-refractivity contribution is 0.499. The van der Waals surface area contributed by atoms with Gasteiger partial charge in [-0.15, -0.1) is 10.2 Å². The largest absolute Gasteiger partial charge is 0.329 e. The van der Waals surface area contributed by atoms with Gasteiger partial charge in [0, 0.05) is 19.5 Å². The Morgan fingerprint density at radius 2 is 2.00 bits per heavy atom. The van der Waals surface area contributed by atoms with Gasteiger partial charge >= 0.3 is 0 Å². The highest BCUT2D eigenvalue weighted by Crippen LogP contribution is 2.25. The second-order valence-electron chi connectivity index (χ2n) is 4.78. The monoisotopic (exact) mass is 242 g/mol. The highest BCUT2D eigenvalue weighted by Gasteiger charge is 2.22. The number of nitrogens with two attached hydrogens (primary N) is 1. The van der Waals surface area contributed by atoms with Crippen LogP contribution in [0.3, 0.4) is 0 Å². The first-order valence-corrected chi connectivity index (χ1v) is 6.57. The molecule has 2 heterocycles. The van der Waals surface area contributed by atoms with Crippen molar-refractivity contribution < 1.29 is 0 Å². The maximum atomic E-state index is 5.95. The maximum absolute atomic E-state index is 5.95. The van der Waals surface area contributed by atoms with Crippen molar-refractivity contribution in [3.63, 3.8) is 0 Å². The molecule has 0 spiro atoms. The molecule has 0 bridgehead atoms. The molecular weight excluding hydrogens is 224 g/mol. The summed E-state index contributed by atoms with van der Waals surface area (Å²) in [6.45, 7) is 1.60. The van der Waals surface area contributed by atoms with E-state index in [1.165, 1.54) is 18.4 Å². The fourth-order valence-corrected chi connectivity index (χ4v) is 2.66. The van der Waals surface area contributed by atoms with E-state index in [1.54, 1.807) is 0 Å². The van der Waals surface area contributed by atoms with Crippen LogP contribution in [0, 0.1) is 0 Å². The molecule has 0 radical (unpaired) electrons. The number of benzene rings is 1. The van der Waals surface area contributed by atoms with Crippen molar-refractivity contribution in [2.45, 2.75) is 31.7 Å². The lowest BCUT2D eigenvalue weighted by Gasteiger charge is -2.19. The molecule has 1 aromatic carbocycles. The predicted molar refractivity (Wildman–Crippen MR) is 70.3 cm³/mol. The van der Waals surface area contributed by atoms with E-state index in [2.05, 4.69) is 26.9 Å². The highest BCUT2D eigenvalue weighted by atomic mass is 15.3. The van der Waals surface area contributed by atoms with E-state index in [0.717, 1.165) is 24.6 Å². The molecule has 0 saturated carbocycles. The molecule has 0 aliphatic carbocycles. The molecule has 1 aromatic heterocycles. The van der Waals surface area contributed by atoms with Gasteiger partial charge in [-0.1, -0.05) is 30.3 Å². The smallest absolute Gasteiger partial charge is 0.141 e. The van der Waals surface area contributed by atoms with Gasteiger partial charge in [-0.2, -0.15) is 0 Å². The molecule has 4 nitrogen and oxygen atoms in total. The molecule has 0 fully saturated rings. The van der Waals surface area contributed by atoms with E-state index in [9.17, 15) is 0 Å². The first kappa shape index (κ1) is 11.4. The summed E-state index contributed by atoms with van der Waals surface area (Å²) in [5, 5.41) is 8.69. The third kappa shape index (κ3) is 1.93. The molecule has 2 aromatic rings. The van der Waals surface area contributed by atoms with Crippen LogP contribution < -0.4 is 5.73 Å². The van der Waals surface area contributed by atoms with Crippen LogP contribution in [0.2, 0.25) is 0 Å². The third-order valence-corrected chi connectivity index (χ3v) is 3.64. The van der Waals surface area contributed by atoms with E-state index < -0.39 is 0 Å². The van der Waals surface area contributed by atoms with Crippen LogP contribution in [0.25, 0.3) is 0 Å². The number of aryl methyl sites for hydroxylation is 1. The van der Waals surface area contributed by atoms with Gasteiger partial charge in [-0.25, -0.2) is 0 Å². The van der Waals surface area contributed by atoms with Crippen molar-refractivity contribution in [3.8, 4) is 0 Å². The zero-order valence-electron chi connectivity index (χ0n) is 10.4. The van der Waals surface area contributed by atoms with Gasteiger partial charge in [-0.3, -0.25) is 0 Å². The maximum Gasteiger partial charge on any atom is 0.141 e. The van der Waals surface area contributed by atoms with Gasteiger partial charge < -0.3 is 10.3 Å².